The van der Waals surface area contributed by atoms with Gasteiger partial charge in [0.1, 0.15) is 0 Å². The van der Waals surface area contributed by atoms with Crippen LogP contribution >= 0.6 is 0 Å². The zero-order chi connectivity index (χ0) is 15.4. The topological polar surface area (TPSA) is 62.7 Å². The summed E-state index contributed by atoms with van der Waals surface area (Å²) >= 11 is 0. The molecule has 0 atom stereocenters. The molecule has 22 heavy (non-hydrogen) atoms. The van der Waals surface area contributed by atoms with Gasteiger partial charge in [0.05, 0.1) is 6.20 Å². The minimum Gasteiger partial charge on any atom is -0.366 e. The third kappa shape index (κ3) is 3.53. The molecule has 0 radical (unpaired) electrons. The van der Waals surface area contributed by atoms with Crippen LogP contribution in [0.1, 0.15) is 43.2 Å². The number of nitrogens with one attached hydrogen (secondary N) is 2. The first-order chi connectivity index (χ1) is 10.7. The van der Waals surface area contributed by atoms with Crippen molar-refractivity contribution in [1.29, 1.82) is 0 Å². The molecular weight excluding hydrogens is 274 g/mol. The molecule has 0 spiro atoms. The average Bonchev–Trinajstić information content (AvgIpc) is 2.53. The molecule has 1 aromatic carbocycles. The van der Waals surface area contributed by atoms with Gasteiger partial charge in [-0.25, -0.2) is 0 Å². The van der Waals surface area contributed by atoms with Crippen LogP contribution in [0.15, 0.2) is 24.4 Å². The van der Waals surface area contributed by atoms with Gasteiger partial charge in [-0.2, -0.15) is 10.1 Å². The number of hydrogen-bond donors (Lipinski definition) is 2. The molecule has 1 saturated carbocycles. The lowest BCUT2D eigenvalue weighted by Crippen LogP contribution is -2.23. The maximum absolute atomic E-state index is 4.55. The first-order valence-electron chi connectivity index (χ1n) is 8.02. The van der Waals surface area contributed by atoms with Crippen molar-refractivity contribution in [3.8, 4) is 0 Å². The highest BCUT2D eigenvalue weighted by atomic mass is 15.3. The summed E-state index contributed by atoms with van der Waals surface area (Å²) in [6.45, 7) is 4.15. The molecule has 116 valence electrons. The molecule has 2 N–H and O–H groups in total. The molecule has 1 aromatic heterocycles. The smallest absolute Gasteiger partial charge is 0.249 e. The molecule has 5 heteroatoms. The van der Waals surface area contributed by atoms with Crippen LogP contribution in [0.25, 0.3) is 0 Å². The highest BCUT2D eigenvalue weighted by Crippen LogP contribution is 2.24. The fraction of sp³-hybridized carbons (Fsp3) is 0.471. The highest BCUT2D eigenvalue weighted by Gasteiger charge is 2.14. The van der Waals surface area contributed by atoms with E-state index in [4.69, 9.17) is 0 Å². The predicted molar refractivity (Wildman–Crippen MR) is 89.5 cm³/mol. The zero-order valence-electron chi connectivity index (χ0n) is 13.3. The monoisotopic (exact) mass is 297 g/mol. The number of hydrogen-bond acceptors (Lipinski definition) is 5. The first-order valence-corrected chi connectivity index (χ1v) is 8.02. The van der Waals surface area contributed by atoms with E-state index < -0.39 is 0 Å². The second kappa shape index (κ2) is 6.73. The van der Waals surface area contributed by atoms with Crippen LogP contribution in [0, 0.1) is 13.8 Å². The van der Waals surface area contributed by atoms with E-state index in [0.717, 1.165) is 11.5 Å². The molecule has 1 fully saturated rings. The molecule has 3 rings (SSSR count). The summed E-state index contributed by atoms with van der Waals surface area (Å²) in [7, 11) is 0. The predicted octanol–water partition coefficient (Wildman–Crippen LogP) is 3.98. The Hall–Kier alpha value is -2.17. The minimum absolute atomic E-state index is 0.512. The lowest BCUT2D eigenvalue weighted by molar-refractivity contribution is 0.461. The molecule has 1 aliphatic rings. The van der Waals surface area contributed by atoms with Gasteiger partial charge >= 0.3 is 0 Å². The van der Waals surface area contributed by atoms with Crippen molar-refractivity contribution in [3.63, 3.8) is 0 Å². The summed E-state index contributed by atoms with van der Waals surface area (Å²) in [5.41, 5.74) is 3.41. The van der Waals surface area contributed by atoms with E-state index in [0.29, 0.717) is 12.0 Å². The van der Waals surface area contributed by atoms with Crippen LogP contribution in [-0.4, -0.2) is 21.2 Å². The van der Waals surface area contributed by atoms with Crippen molar-refractivity contribution < 1.29 is 0 Å². The number of para-hydroxylation sites is 1. The van der Waals surface area contributed by atoms with Crippen LogP contribution in [-0.2, 0) is 0 Å². The normalized spacial score (nSPS) is 15.5. The fourth-order valence-corrected chi connectivity index (χ4v) is 3.01. The van der Waals surface area contributed by atoms with Gasteiger partial charge in [-0.1, -0.05) is 37.5 Å². The summed E-state index contributed by atoms with van der Waals surface area (Å²) in [4.78, 5) is 4.55. The van der Waals surface area contributed by atoms with Crippen molar-refractivity contribution in [2.75, 3.05) is 10.6 Å². The number of rotatable bonds is 4. The molecule has 1 aliphatic carbocycles. The number of benzene rings is 1. The van der Waals surface area contributed by atoms with Crippen molar-refractivity contribution in [1.82, 2.24) is 15.2 Å². The molecule has 0 saturated heterocycles. The number of nitrogens with zero attached hydrogens (tertiary/aromatic N) is 3. The molecular formula is C17H23N5. The van der Waals surface area contributed by atoms with E-state index in [9.17, 15) is 0 Å². The summed E-state index contributed by atoms with van der Waals surface area (Å²) in [6, 6.07) is 6.72. The van der Waals surface area contributed by atoms with Crippen LogP contribution in [0.5, 0.6) is 0 Å². The lowest BCUT2D eigenvalue weighted by atomic mass is 9.96. The largest absolute Gasteiger partial charge is 0.366 e. The third-order valence-electron chi connectivity index (χ3n) is 4.23. The molecule has 5 nitrogen and oxygen atoms in total. The Morgan fingerprint density at radius 3 is 2.50 bits per heavy atom. The van der Waals surface area contributed by atoms with Gasteiger partial charge in [0.25, 0.3) is 0 Å². The molecule has 0 aliphatic heterocycles. The summed E-state index contributed by atoms with van der Waals surface area (Å²) in [5.74, 6) is 1.34. The summed E-state index contributed by atoms with van der Waals surface area (Å²) < 4.78 is 0. The number of anilines is 3. The number of aromatic nitrogens is 3. The van der Waals surface area contributed by atoms with Gasteiger partial charge in [-0.3, -0.25) is 0 Å². The van der Waals surface area contributed by atoms with Crippen LogP contribution in [0.4, 0.5) is 17.5 Å². The molecule has 2 aromatic rings. The minimum atomic E-state index is 0.512. The Labute approximate surface area is 131 Å². The Morgan fingerprint density at radius 1 is 1.05 bits per heavy atom. The Morgan fingerprint density at radius 2 is 1.77 bits per heavy atom. The lowest BCUT2D eigenvalue weighted by Gasteiger charge is -2.23. The standard InChI is InChI=1S/C17H23N5/c1-12-7-6-8-13(2)16(12)21-17-20-15(11-18-22-17)19-14-9-4-3-5-10-14/h6-8,11,14H,3-5,9-10H2,1-2H3,(H2,19,20,21,22). The van der Waals surface area contributed by atoms with E-state index in [1.807, 2.05) is 0 Å². The van der Waals surface area contributed by atoms with Gasteiger partial charge in [0, 0.05) is 11.7 Å². The van der Waals surface area contributed by atoms with Crippen molar-refractivity contribution >= 4 is 17.5 Å². The maximum Gasteiger partial charge on any atom is 0.249 e. The van der Waals surface area contributed by atoms with E-state index in [2.05, 4.69) is 57.9 Å². The zero-order valence-corrected chi connectivity index (χ0v) is 13.3. The van der Waals surface area contributed by atoms with Crippen LogP contribution in [0.3, 0.4) is 0 Å². The van der Waals surface area contributed by atoms with Gasteiger partial charge in [0.2, 0.25) is 5.95 Å². The highest BCUT2D eigenvalue weighted by molar-refractivity contribution is 5.63. The molecule has 0 amide bonds. The van der Waals surface area contributed by atoms with Gasteiger partial charge in [-0.15, -0.1) is 5.10 Å². The molecule has 1 heterocycles. The first kappa shape index (κ1) is 14.8. The summed E-state index contributed by atoms with van der Waals surface area (Å²) in [6.07, 6.45) is 8.06. The second-order valence-electron chi connectivity index (χ2n) is 6.04. The number of aryl methyl sites for hydroxylation is 2. The summed E-state index contributed by atoms with van der Waals surface area (Å²) in [5, 5.41) is 14.9. The second-order valence-corrected chi connectivity index (χ2v) is 6.04. The van der Waals surface area contributed by atoms with Gasteiger partial charge < -0.3 is 10.6 Å². The SMILES string of the molecule is Cc1cccc(C)c1Nc1nncc(NC2CCCCC2)n1. The van der Waals surface area contributed by atoms with E-state index >= 15 is 0 Å². The molecule has 0 bridgehead atoms. The van der Waals surface area contributed by atoms with E-state index in [1.54, 1.807) is 6.20 Å². The quantitative estimate of drug-likeness (QED) is 0.894. The Bertz CT molecular complexity index is 614. The maximum atomic E-state index is 4.55. The fourth-order valence-electron chi connectivity index (χ4n) is 3.01. The van der Waals surface area contributed by atoms with E-state index in [-0.39, 0.29) is 0 Å². The average molecular weight is 297 g/mol. The van der Waals surface area contributed by atoms with Crippen LogP contribution < -0.4 is 10.6 Å². The van der Waals surface area contributed by atoms with Gasteiger partial charge in [0.15, 0.2) is 5.82 Å². The van der Waals surface area contributed by atoms with Gasteiger partial charge in [-0.05, 0) is 37.8 Å². The third-order valence-corrected chi connectivity index (χ3v) is 4.23. The Balaban J connectivity index is 1.73. The van der Waals surface area contributed by atoms with E-state index in [1.165, 1.54) is 43.2 Å². The Kier molecular flexibility index (Phi) is 4.51. The molecule has 0 unspecified atom stereocenters. The van der Waals surface area contributed by atoms with Crippen molar-refractivity contribution in [2.45, 2.75) is 52.0 Å². The van der Waals surface area contributed by atoms with Crippen molar-refractivity contribution in [2.24, 2.45) is 0 Å². The van der Waals surface area contributed by atoms with Crippen molar-refractivity contribution in [3.05, 3.63) is 35.5 Å². The van der Waals surface area contributed by atoms with Crippen LogP contribution in [0.2, 0.25) is 0 Å².